The molecule has 3 heteroatoms. The van der Waals surface area contributed by atoms with Gasteiger partial charge in [-0.25, -0.2) is 0 Å². The molecule has 0 saturated heterocycles. The fourth-order valence-electron chi connectivity index (χ4n) is 1.66. The normalized spacial score (nSPS) is 12.6. The number of nitrogens with zero attached hydrogens (tertiary/aromatic N) is 1. The number of pyridine rings is 1. The molecule has 0 saturated carbocycles. The summed E-state index contributed by atoms with van der Waals surface area (Å²) in [4.78, 5) is 6.58. The molecular weight excluding hydrogens is 204 g/mol. The maximum Gasteiger partial charge on any atom is 0.0557 e. The van der Waals surface area contributed by atoms with Gasteiger partial charge in [0, 0.05) is 17.3 Å². The Morgan fingerprint density at radius 3 is 3.00 bits per heavy atom. The summed E-state index contributed by atoms with van der Waals surface area (Å²) in [6.45, 7) is 2.11. The molecule has 0 amide bonds. The van der Waals surface area contributed by atoms with Crippen LogP contribution in [0.2, 0.25) is 0 Å². The van der Waals surface area contributed by atoms with E-state index in [1.54, 1.807) is 11.8 Å². The summed E-state index contributed by atoms with van der Waals surface area (Å²) in [6, 6.07) is 8.46. The Labute approximate surface area is 92.7 Å². The van der Waals surface area contributed by atoms with E-state index in [1.165, 1.54) is 21.0 Å². The van der Waals surface area contributed by atoms with Gasteiger partial charge in [0.2, 0.25) is 0 Å². The molecule has 0 bridgehead atoms. The lowest BCUT2D eigenvalue weighted by atomic mass is 10.2. The van der Waals surface area contributed by atoms with E-state index >= 15 is 0 Å². The van der Waals surface area contributed by atoms with Gasteiger partial charge in [-0.3, -0.25) is 4.98 Å². The van der Waals surface area contributed by atoms with E-state index in [9.17, 15) is 0 Å². The van der Waals surface area contributed by atoms with Gasteiger partial charge >= 0.3 is 0 Å². The number of fused-ring (bicyclic) bond motifs is 2. The molecule has 3 rings (SSSR count). The number of hydrogen-bond donors (Lipinski definition) is 1. The van der Waals surface area contributed by atoms with E-state index in [4.69, 9.17) is 0 Å². The molecule has 1 aromatic carbocycles. The van der Waals surface area contributed by atoms with Crippen LogP contribution in [0.25, 0.3) is 0 Å². The molecule has 74 valence electrons. The molecule has 0 unspecified atom stereocenters. The molecule has 0 spiro atoms. The first-order chi connectivity index (χ1) is 7.33. The summed E-state index contributed by atoms with van der Waals surface area (Å²) in [5.74, 6) is 0. The van der Waals surface area contributed by atoms with Crippen molar-refractivity contribution < 1.29 is 0 Å². The van der Waals surface area contributed by atoms with E-state index in [1.807, 2.05) is 18.5 Å². The lowest BCUT2D eigenvalue weighted by Crippen LogP contribution is -2.00. The van der Waals surface area contributed by atoms with Gasteiger partial charge in [0.15, 0.2) is 0 Å². The standard InChI is InChI=1S/C12H10N2S/c1-8-2-3-11-10(6-8)14-9-4-5-13-7-12(9)15-11/h2-7,14H,1H3. The van der Waals surface area contributed by atoms with Crippen LogP contribution >= 0.6 is 11.8 Å². The van der Waals surface area contributed by atoms with Crippen LogP contribution in [0.3, 0.4) is 0 Å². The van der Waals surface area contributed by atoms with Gasteiger partial charge in [0.05, 0.1) is 16.3 Å². The van der Waals surface area contributed by atoms with Crippen molar-refractivity contribution in [1.82, 2.24) is 4.98 Å². The highest BCUT2D eigenvalue weighted by Gasteiger charge is 2.14. The predicted molar refractivity (Wildman–Crippen MR) is 62.8 cm³/mol. The second-order valence-corrected chi connectivity index (χ2v) is 4.68. The molecular formula is C12H10N2S. The van der Waals surface area contributed by atoms with Crippen LogP contribution in [-0.4, -0.2) is 4.98 Å². The van der Waals surface area contributed by atoms with Crippen LogP contribution in [0.1, 0.15) is 5.56 Å². The molecule has 1 N–H and O–H groups in total. The zero-order chi connectivity index (χ0) is 10.3. The third-order valence-corrected chi connectivity index (χ3v) is 3.53. The Morgan fingerprint density at radius 1 is 1.13 bits per heavy atom. The molecule has 15 heavy (non-hydrogen) atoms. The van der Waals surface area contributed by atoms with E-state index < -0.39 is 0 Å². The first kappa shape index (κ1) is 8.80. The monoisotopic (exact) mass is 214 g/mol. The van der Waals surface area contributed by atoms with Crippen molar-refractivity contribution in [2.75, 3.05) is 5.32 Å². The molecule has 1 aliphatic heterocycles. The third-order valence-electron chi connectivity index (χ3n) is 2.41. The van der Waals surface area contributed by atoms with Crippen molar-refractivity contribution in [2.24, 2.45) is 0 Å². The van der Waals surface area contributed by atoms with Crippen molar-refractivity contribution in [1.29, 1.82) is 0 Å². The zero-order valence-electron chi connectivity index (χ0n) is 8.32. The maximum absolute atomic E-state index is 4.13. The summed E-state index contributed by atoms with van der Waals surface area (Å²) in [5, 5.41) is 3.42. The number of benzene rings is 1. The van der Waals surface area contributed by atoms with Crippen LogP contribution in [0, 0.1) is 6.92 Å². The summed E-state index contributed by atoms with van der Waals surface area (Å²) >= 11 is 1.77. The van der Waals surface area contributed by atoms with E-state index in [0.717, 1.165) is 5.69 Å². The summed E-state index contributed by atoms with van der Waals surface area (Å²) in [5.41, 5.74) is 3.62. The number of aryl methyl sites for hydroxylation is 1. The van der Waals surface area contributed by atoms with Crippen LogP contribution in [0.15, 0.2) is 46.5 Å². The average molecular weight is 214 g/mol. The number of aromatic nitrogens is 1. The Kier molecular flexibility index (Phi) is 1.92. The average Bonchev–Trinajstić information content (AvgIpc) is 2.26. The minimum absolute atomic E-state index is 1.15. The van der Waals surface area contributed by atoms with Crippen molar-refractivity contribution in [3.05, 3.63) is 42.2 Å². The van der Waals surface area contributed by atoms with Crippen molar-refractivity contribution in [3.63, 3.8) is 0 Å². The molecule has 1 aromatic heterocycles. The highest BCUT2D eigenvalue weighted by atomic mass is 32.2. The smallest absolute Gasteiger partial charge is 0.0557 e. The first-order valence-electron chi connectivity index (χ1n) is 4.82. The zero-order valence-corrected chi connectivity index (χ0v) is 9.14. The maximum atomic E-state index is 4.13. The van der Waals surface area contributed by atoms with Gasteiger partial charge in [0.25, 0.3) is 0 Å². The van der Waals surface area contributed by atoms with Gasteiger partial charge in [-0.2, -0.15) is 0 Å². The molecule has 1 aliphatic rings. The SMILES string of the molecule is Cc1ccc2c(c1)Nc1ccncc1S2. The second-order valence-electron chi connectivity index (χ2n) is 3.60. The molecule has 0 atom stereocenters. The Bertz CT molecular complexity index is 523. The van der Waals surface area contributed by atoms with Crippen molar-refractivity contribution >= 4 is 23.1 Å². The molecule has 2 heterocycles. The minimum atomic E-state index is 1.15. The van der Waals surface area contributed by atoms with E-state index in [2.05, 4.69) is 35.4 Å². The van der Waals surface area contributed by atoms with Gasteiger partial charge < -0.3 is 5.32 Å². The van der Waals surface area contributed by atoms with Gasteiger partial charge in [-0.05, 0) is 30.7 Å². The summed E-state index contributed by atoms with van der Waals surface area (Å²) in [6.07, 6.45) is 3.71. The van der Waals surface area contributed by atoms with Gasteiger partial charge in [-0.1, -0.05) is 17.8 Å². The summed E-state index contributed by atoms with van der Waals surface area (Å²) < 4.78 is 0. The van der Waals surface area contributed by atoms with Crippen molar-refractivity contribution in [2.45, 2.75) is 16.7 Å². The molecule has 0 radical (unpaired) electrons. The van der Waals surface area contributed by atoms with Crippen LogP contribution in [0.5, 0.6) is 0 Å². The number of rotatable bonds is 0. The number of anilines is 2. The summed E-state index contributed by atoms with van der Waals surface area (Å²) in [7, 11) is 0. The predicted octanol–water partition coefficient (Wildman–Crippen LogP) is 3.60. The fourth-order valence-corrected chi connectivity index (χ4v) is 2.59. The largest absolute Gasteiger partial charge is 0.354 e. The van der Waals surface area contributed by atoms with Gasteiger partial charge in [-0.15, -0.1) is 0 Å². The van der Waals surface area contributed by atoms with Crippen molar-refractivity contribution in [3.8, 4) is 0 Å². The molecule has 2 nitrogen and oxygen atoms in total. The Balaban J connectivity index is 2.11. The van der Waals surface area contributed by atoms with Crippen LogP contribution < -0.4 is 5.32 Å². The van der Waals surface area contributed by atoms with Crippen LogP contribution in [-0.2, 0) is 0 Å². The molecule has 2 aromatic rings. The minimum Gasteiger partial charge on any atom is -0.354 e. The lowest BCUT2D eigenvalue weighted by molar-refractivity contribution is 1.20. The highest BCUT2D eigenvalue weighted by molar-refractivity contribution is 7.99. The Hall–Kier alpha value is -1.48. The second kappa shape index (κ2) is 3.28. The first-order valence-corrected chi connectivity index (χ1v) is 5.64. The third kappa shape index (κ3) is 1.49. The van der Waals surface area contributed by atoms with Crippen LogP contribution in [0.4, 0.5) is 11.4 Å². The number of nitrogens with one attached hydrogen (secondary N) is 1. The van der Waals surface area contributed by atoms with E-state index in [-0.39, 0.29) is 0 Å². The van der Waals surface area contributed by atoms with E-state index in [0.29, 0.717) is 0 Å². The quantitative estimate of drug-likeness (QED) is 0.619. The topological polar surface area (TPSA) is 24.9 Å². The lowest BCUT2D eigenvalue weighted by Gasteiger charge is -2.20. The molecule has 0 fully saturated rings. The highest BCUT2D eigenvalue weighted by Crippen LogP contribution is 2.43. The fraction of sp³-hybridized carbons (Fsp3) is 0.0833. The number of hydrogen-bond acceptors (Lipinski definition) is 3. The molecule has 0 aliphatic carbocycles. The Morgan fingerprint density at radius 2 is 2.07 bits per heavy atom. The van der Waals surface area contributed by atoms with Gasteiger partial charge in [0.1, 0.15) is 0 Å².